The number of Topliss-reactive ketones (excluding diaryl/α,β-unsaturated/α-hetero) is 1. The van der Waals surface area contributed by atoms with Gasteiger partial charge in [-0.25, -0.2) is 4.98 Å². The predicted octanol–water partition coefficient (Wildman–Crippen LogP) is 4.44. The van der Waals surface area contributed by atoms with Crippen molar-refractivity contribution in [2.75, 3.05) is 33.8 Å². The van der Waals surface area contributed by atoms with Crippen molar-refractivity contribution in [3.8, 4) is 5.75 Å². The van der Waals surface area contributed by atoms with Gasteiger partial charge in [-0.2, -0.15) is 0 Å². The van der Waals surface area contributed by atoms with Crippen molar-refractivity contribution in [1.82, 2.24) is 19.2 Å². The lowest BCUT2D eigenvalue weighted by atomic mass is 9.96. The summed E-state index contributed by atoms with van der Waals surface area (Å²) < 4.78 is 7.72. The van der Waals surface area contributed by atoms with E-state index in [1.165, 1.54) is 0 Å². The number of ketones is 1. The van der Waals surface area contributed by atoms with Gasteiger partial charge in [0.1, 0.15) is 17.1 Å². The third-order valence-corrected chi connectivity index (χ3v) is 6.61. The molecule has 1 saturated heterocycles. The Bertz CT molecular complexity index is 1320. The fourth-order valence-corrected chi connectivity index (χ4v) is 4.73. The number of aliphatic hydroxyl groups is 1. The molecule has 0 aliphatic carbocycles. The lowest BCUT2D eigenvalue weighted by Crippen LogP contribution is -2.32. The number of nitrogens with zero attached hydrogens (tertiary/aromatic N) is 4. The molecule has 0 saturated carbocycles. The predicted molar refractivity (Wildman–Crippen MR) is 144 cm³/mol. The first-order valence-corrected chi connectivity index (χ1v) is 12.8. The summed E-state index contributed by atoms with van der Waals surface area (Å²) >= 11 is 0. The smallest absolute Gasteiger partial charge is 0.295 e. The quantitative estimate of drug-likeness (QED) is 0.250. The molecule has 8 heteroatoms. The zero-order valence-corrected chi connectivity index (χ0v) is 22.3. The van der Waals surface area contributed by atoms with Gasteiger partial charge in [0, 0.05) is 12.7 Å². The normalized spacial score (nSPS) is 17.5. The van der Waals surface area contributed by atoms with Crippen LogP contribution in [0.15, 0.2) is 54.2 Å². The van der Waals surface area contributed by atoms with Crippen molar-refractivity contribution in [2.45, 2.75) is 39.7 Å². The summed E-state index contributed by atoms with van der Waals surface area (Å²) in [4.78, 5) is 34.9. The van der Waals surface area contributed by atoms with E-state index in [0.717, 1.165) is 18.5 Å². The molecule has 1 amide bonds. The topological polar surface area (TPSA) is 87.4 Å². The monoisotopic (exact) mass is 504 g/mol. The van der Waals surface area contributed by atoms with Crippen molar-refractivity contribution in [3.63, 3.8) is 0 Å². The van der Waals surface area contributed by atoms with Gasteiger partial charge in [-0.05, 0) is 76.2 Å². The minimum atomic E-state index is -0.732. The number of rotatable bonds is 10. The highest BCUT2D eigenvalue weighted by molar-refractivity contribution is 6.46. The van der Waals surface area contributed by atoms with Crippen LogP contribution >= 0.6 is 0 Å². The number of imidazole rings is 1. The standard InChI is InChI=1S/C29H36N4O4/c1-19(2)13-17-37-22-11-8-10-21(18-22)26-24(28(35)29(36)33(26)16-9-14-31(4)5)27(34)25-20(3)30-23-12-6-7-15-32(23)25/h6-8,10-12,15,18-19,26,34H,9,13-14,16-17H2,1-5H3. The van der Waals surface area contributed by atoms with E-state index in [4.69, 9.17) is 4.74 Å². The Balaban J connectivity index is 1.81. The second-order valence-electron chi connectivity index (χ2n) is 10.2. The van der Waals surface area contributed by atoms with Crippen molar-refractivity contribution < 1.29 is 19.4 Å². The van der Waals surface area contributed by atoms with Crippen LogP contribution in [-0.4, -0.2) is 69.8 Å². The second-order valence-corrected chi connectivity index (χ2v) is 10.2. The number of aromatic nitrogens is 2. The summed E-state index contributed by atoms with van der Waals surface area (Å²) in [5.74, 6) is -0.337. The number of ether oxygens (including phenoxy) is 1. The number of aliphatic hydroxyl groups excluding tert-OH is 1. The number of pyridine rings is 1. The molecule has 1 aromatic carbocycles. The second kappa shape index (κ2) is 11.2. The van der Waals surface area contributed by atoms with Gasteiger partial charge >= 0.3 is 0 Å². The molecular formula is C29H36N4O4. The summed E-state index contributed by atoms with van der Waals surface area (Å²) in [5.41, 5.74) is 2.43. The van der Waals surface area contributed by atoms with E-state index in [1.54, 1.807) is 22.4 Å². The number of hydrogen-bond acceptors (Lipinski definition) is 6. The minimum absolute atomic E-state index is 0.0722. The highest BCUT2D eigenvalue weighted by Gasteiger charge is 2.46. The van der Waals surface area contributed by atoms with Crippen LogP contribution in [0.5, 0.6) is 5.75 Å². The molecular weight excluding hydrogens is 468 g/mol. The van der Waals surface area contributed by atoms with Crippen LogP contribution in [0.4, 0.5) is 0 Å². The first-order chi connectivity index (χ1) is 17.7. The van der Waals surface area contributed by atoms with Crippen molar-refractivity contribution in [3.05, 3.63) is 71.2 Å². The molecule has 196 valence electrons. The molecule has 37 heavy (non-hydrogen) atoms. The fourth-order valence-electron chi connectivity index (χ4n) is 4.73. The average Bonchev–Trinajstić information content (AvgIpc) is 3.31. The molecule has 1 aliphatic rings. The molecule has 0 spiro atoms. The molecule has 1 fully saturated rings. The molecule has 0 radical (unpaired) electrons. The molecule has 3 aromatic rings. The Morgan fingerprint density at radius 2 is 1.95 bits per heavy atom. The van der Waals surface area contributed by atoms with E-state index in [-0.39, 0.29) is 11.3 Å². The fraction of sp³-hybridized carbons (Fsp3) is 0.414. The first-order valence-electron chi connectivity index (χ1n) is 12.8. The third-order valence-electron chi connectivity index (χ3n) is 6.61. The molecule has 2 aromatic heterocycles. The largest absolute Gasteiger partial charge is 0.505 e. The van der Waals surface area contributed by atoms with Gasteiger partial charge in [0.2, 0.25) is 0 Å². The van der Waals surface area contributed by atoms with E-state index in [0.29, 0.717) is 48.3 Å². The molecule has 1 atom stereocenters. The maximum atomic E-state index is 13.4. The van der Waals surface area contributed by atoms with Gasteiger partial charge < -0.3 is 19.6 Å². The molecule has 3 heterocycles. The number of carbonyl (C=O) groups is 2. The zero-order chi connectivity index (χ0) is 26.7. The van der Waals surface area contributed by atoms with Crippen molar-refractivity contribution >= 4 is 23.1 Å². The maximum Gasteiger partial charge on any atom is 0.295 e. The lowest BCUT2D eigenvalue weighted by molar-refractivity contribution is -0.139. The Labute approximate surface area is 218 Å². The minimum Gasteiger partial charge on any atom is -0.505 e. The van der Waals surface area contributed by atoms with Crippen LogP contribution < -0.4 is 4.74 Å². The van der Waals surface area contributed by atoms with Crippen molar-refractivity contribution in [1.29, 1.82) is 0 Å². The van der Waals surface area contributed by atoms with Crippen LogP contribution in [0, 0.1) is 12.8 Å². The van der Waals surface area contributed by atoms with Gasteiger partial charge in [-0.15, -0.1) is 0 Å². The Morgan fingerprint density at radius 3 is 2.68 bits per heavy atom. The molecule has 4 rings (SSSR count). The van der Waals surface area contributed by atoms with Crippen LogP contribution in [0.3, 0.4) is 0 Å². The summed E-state index contributed by atoms with van der Waals surface area (Å²) in [6.07, 6.45) is 3.40. The van der Waals surface area contributed by atoms with E-state index in [1.807, 2.05) is 61.5 Å². The Hall–Kier alpha value is -3.65. The zero-order valence-electron chi connectivity index (χ0n) is 22.3. The molecule has 1 N–H and O–H groups in total. The lowest BCUT2D eigenvalue weighted by Gasteiger charge is -2.26. The van der Waals surface area contributed by atoms with E-state index in [2.05, 4.69) is 18.8 Å². The number of fused-ring (bicyclic) bond motifs is 1. The summed E-state index contributed by atoms with van der Waals surface area (Å²) in [5, 5.41) is 11.6. The highest BCUT2D eigenvalue weighted by Crippen LogP contribution is 2.40. The van der Waals surface area contributed by atoms with Crippen LogP contribution in [-0.2, 0) is 9.59 Å². The molecule has 0 bridgehead atoms. The highest BCUT2D eigenvalue weighted by atomic mass is 16.5. The summed E-state index contributed by atoms with van der Waals surface area (Å²) in [6, 6.07) is 12.3. The SMILES string of the molecule is Cc1nc2ccccn2c1C(O)=C1C(=O)C(=O)N(CCCN(C)C)C1c1cccc(OCCC(C)C)c1. The number of hydrogen-bond donors (Lipinski definition) is 1. The summed E-state index contributed by atoms with van der Waals surface area (Å²) in [6.45, 7) is 7.79. The van der Waals surface area contributed by atoms with Gasteiger partial charge in [-0.3, -0.25) is 14.0 Å². The van der Waals surface area contributed by atoms with Crippen LogP contribution in [0.2, 0.25) is 0 Å². The molecule has 8 nitrogen and oxygen atoms in total. The van der Waals surface area contributed by atoms with Gasteiger partial charge in [0.05, 0.1) is 23.9 Å². The number of amides is 1. The van der Waals surface area contributed by atoms with E-state index < -0.39 is 17.7 Å². The van der Waals surface area contributed by atoms with Crippen molar-refractivity contribution in [2.24, 2.45) is 5.92 Å². The number of aryl methyl sites for hydroxylation is 1. The van der Waals surface area contributed by atoms with Gasteiger partial charge in [-0.1, -0.05) is 32.0 Å². The maximum absolute atomic E-state index is 13.4. The van der Waals surface area contributed by atoms with E-state index >= 15 is 0 Å². The number of carbonyl (C=O) groups excluding carboxylic acids is 2. The van der Waals surface area contributed by atoms with Gasteiger partial charge in [0.15, 0.2) is 5.76 Å². The Morgan fingerprint density at radius 1 is 1.16 bits per heavy atom. The molecule has 1 aliphatic heterocycles. The Kier molecular flexibility index (Phi) is 7.97. The summed E-state index contributed by atoms with van der Waals surface area (Å²) in [7, 11) is 3.94. The van der Waals surface area contributed by atoms with Gasteiger partial charge in [0.25, 0.3) is 11.7 Å². The number of benzene rings is 1. The van der Waals surface area contributed by atoms with Crippen LogP contribution in [0.1, 0.15) is 49.7 Å². The van der Waals surface area contributed by atoms with Crippen LogP contribution in [0.25, 0.3) is 11.4 Å². The average molecular weight is 505 g/mol. The third kappa shape index (κ3) is 5.54. The first kappa shape index (κ1) is 26.4. The number of likely N-dealkylation sites (tertiary alicyclic amines) is 1. The molecule has 1 unspecified atom stereocenters. The van der Waals surface area contributed by atoms with E-state index in [9.17, 15) is 14.7 Å².